The van der Waals surface area contributed by atoms with Crippen LogP contribution in [0.1, 0.15) is 5.56 Å². The maximum absolute atomic E-state index is 10.3. The number of nitrogens with one attached hydrogen (secondary N) is 1. The van der Waals surface area contributed by atoms with Crippen molar-refractivity contribution in [2.45, 2.75) is 6.54 Å². The van der Waals surface area contributed by atoms with Gasteiger partial charge in [0.05, 0.1) is 31.7 Å². The predicted octanol–water partition coefficient (Wildman–Crippen LogP) is 2.45. The van der Waals surface area contributed by atoms with Crippen LogP contribution in [0.3, 0.4) is 0 Å². The first-order valence-electron chi connectivity index (χ1n) is 8.64. The number of hydrogen-bond acceptors (Lipinski definition) is 2. The average molecular weight is 319 g/mol. The molecule has 1 aliphatic rings. The Morgan fingerprint density at radius 1 is 0.833 bits per heavy atom. The molecule has 2 N–H and O–H groups in total. The largest absolute Gasteiger partial charge is 0.507 e. The van der Waals surface area contributed by atoms with Gasteiger partial charge < -0.3 is 14.9 Å². The van der Waals surface area contributed by atoms with E-state index in [1.165, 1.54) is 21.4 Å². The summed E-state index contributed by atoms with van der Waals surface area (Å²) in [6.07, 6.45) is 0. The number of anilines is 1. The lowest BCUT2D eigenvalue weighted by Crippen LogP contribution is -3.13. The van der Waals surface area contributed by atoms with E-state index in [9.17, 15) is 5.11 Å². The molecule has 122 valence electrons. The van der Waals surface area contributed by atoms with E-state index in [-0.39, 0.29) is 0 Å². The lowest BCUT2D eigenvalue weighted by atomic mass is 10.0. The summed E-state index contributed by atoms with van der Waals surface area (Å²) in [4.78, 5) is 3.99. The number of phenolic OH excluding ortho intramolecular Hbond substituents is 1. The number of benzene rings is 3. The third kappa shape index (κ3) is 2.95. The van der Waals surface area contributed by atoms with Crippen molar-refractivity contribution in [3.63, 3.8) is 0 Å². The molecular formula is C21H23N2O+. The number of aromatic hydroxyl groups is 1. The zero-order valence-electron chi connectivity index (χ0n) is 13.8. The first-order chi connectivity index (χ1) is 11.8. The Hall–Kier alpha value is -2.52. The van der Waals surface area contributed by atoms with Gasteiger partial charge in [0.1, 0.15) is 12.3 Å². The highest BCUT2D eigenvalue weighted by molar-refractivity contribution is 5.87. The molecule has 1 heterocycles. The molecule has 0 radical (unpaired) electrons. The second-order valence-corrected chi connectivity index (χ2v) is 6.53. The van der Waals surface area contributed by atoms with E-state index in [1.54, 1.807) is 0 Å². The summed E-state index contributed by atoms with van der Waals surface area (Å²) < 4.78 is 0. The SMILES string of the molecule is Oc1ccc2ccccc2c1C[NH+]1CCN(c2ccccc2)CC1. The normalized spacial score (nSPS) is 15.8. The fourth-order valence-electron chi connectivity index (χ4n) is 3.66. The van der Waals surface area contributed by atoms with E-state index in [0.29, 0.717) is 5.75 Å². The molecule has 3 heteroatoms. The first-order valence-corrected chi connectivity index (χ1v) is 8.64. The highest BCUT2D eigenvalue weighted by Gasteiger charge is 2.22. The third-order valence-electron chi connectivity index (χ3n) is 5.03. The number of nitrogens with zero attached hydrogens (tertiary/aromatic N) is 1. The highest BCUT2D eigenvalue weighted by atomic mass is 16.3. The van der Waals surface area contributed by atoms with E-state index < -0.39 is 0 Å². The van der Waals surface area contributed by atoms with Crippen molar-refractivity contribution in [1.82, 2.24) is 0 Å². The predicted molar refractivity (Wildman–Crippen MR) is 98.7 cm³/mol. The lowest BCUT2D eigenvalue weighted by molar-refractivity contribution is -0.914. The van der Waals surface area contributed by atoms with Gasteiger partial charge in [-0.3, -0.25) is 0 Å². The zero-order chi connectivity index (χ0) is 16.4. The quantitative estimate of drug-likeness (QED) is 0.776. The van der Waals surface area contributed by atoms with Gasteiger partial charge in [-0.2, -0.15) is 0 Å². The Morgan fingerprint density at radius 3 is 2.33 bits per heavy atom. The van der Waals surface area contributed by atoms with Crippen molar-refractivity contribution < 1.29 is 10.0 Å². The fourth-order valence-corrected chi connectivity index (χ4v) is 3.66. The Balaban J connectivity index is 1.49. The molecule has 0 atom stereocenters. The molecule has 0 aliphatic carbocycles. The number of phenols is 1. The van der Waals surface area contributed by atoms with Gasteiger partial charge in [-0.25, -0.2) is 0 Å². The van der Waals surface area contributed by atoms with Crippen LogP contribution in [0.5, 0.6) is 5.75 Å². The molecule has 0 saturated carbocycles. The molecule has 3 aromatic rings. The molecule has 3 aromatic carbocycles. The number of fused-ring (bicyclic) bond motifs is 1. The molecular weight excluding hydrogens is 296 g/mol. The van der Waals surface area contributed by atoms with Crippen LogP contribution >= 0.6 is 0 Å². The van der Waals surface area contributed by atoms with Crippen LogP contribution in [0, 0.1) is 0 Å². The maximum Gasteiger partial charge on any atom is 0.125 e. The monoisotopic (exact) mass is 319 g/mol. The minimum atomic E-state index is 0.423. The van der Waals surface area contributed by atoms with Crippen molar-refractivity contribution in [1.29, 1.82) is 0 Å². The standard InChI is InChI=1S/C21H22N2O/c24-21-11-10-17-6-4-5-9-19(17)20(21)16-22-12-14-23(15-13-22)18-7-2-1-3-8-18/h1-11,24H,12-16H2/p+1. The summed E-state index contributed by atoms with van der Waals surface area (Å²) >= 11 is 0. The Kier molecular flexibility index (Phi) is 4.09. The smallest absolute Gasteiger partial charge is 0.125 e. The maximum atomic E-state index is 10.3. The van der Waals surface area contributed by atoms with Crippen LogP contribution in [0.15, 0.2) is 66.7 Å². The molecule has 1 aliphatic heterocycles. The van der Waals surface area contributed by atoms with Crippen LogP contribution in [-0.2, 0) is 6.54 Å². The van der Waals surface area contributed by atoms with Gasteiger partial charge in [0, 0.05) is 5.69 Å². The van der Waals surface area contributed by atoms with Gasteiger partial charge in [-0.1, -0.05) is 48.5 Å². The van der Waals surface area contributed by atoms with E-state index >= 15 is 0 Å². The van der Waals surface area contributed by atoms with E-state index in [1.807, 2.05) is 18.2 Å². The van der Waals surface area contributed by atoms with Gasteiger partial charge in [-0.05, 0) is 29.0 Å². The molecule has 1 fully saturated rings. The van der Waals surface area contributed by atoms with Crippen LogP contribution in [0.25, 0.3) is 10.8 Å². The van der Waals surface area contributed by atoms with Crippen LogP contribution in [-0.4, -0.2) is 31.3 Å². The Labute approximate surface area is 142 Å². The molecule has 24 heavy (non-hydrogen) atoms. The van der Waals surface area contributed by atoms with Crippen molar-refractivity contribution >= 4 is 16.5 Å². The molecule has 3 nitrogen and oxygen atoms in total. The van der Waals surface area contributed by atoms with Gasteiger partial charge in [0.2, 0.25) is 0 Å². The third-order valence-corrected chi connectivity index (χ3v) is 5.03. The second kappa shape index (κ2) is 6.54. The molecule has 0 aromatic heterocycles. The van der Waals surface area contributed by atoms with Gasteiger partial charge in [-0.15, -0.1) is 0 Å². The fraction of sp³-hybridized carbons (Fsp3) is 0.238. The second-order valence-electron chi connectivity index (χ2n) is 6.53. The Bertz CT molecular complexity index is 824. The number of piperazine rings is 1. The summed E-state index contributed by atoms with van der Waals surface area (Å²) in [5, 5.41) is 12.7. The van der Waals surface area contributed by atoms with Crippen molar-refractivity contribution in [3.8, 4) is 5.75 Å². The van der Waals surface area contributed by atoms with Crippen molar-refractivity contribution in [2.24, 2.45) is 0 Å². The summed E-state index contributed by atoms with van der Waals surface area (Å²) in [7, 11) is 0. The van der Waals surface area contributed by atoms with Crippen LogP contribution < -0.4 is 9.80 Å². The molecule has 0 bridgehead atoms. The summed E-state index contributed by atoms with van der Waals surface area (Å²) in [6.45, 7) is 5.20. The number of hydrogen-bond donors (Lipinski definition) is 2. The van der Waals surface area contributed by atoms with Gasteiger partial charge in [0.15, 0.2) is 0 Å². The van der Waals surface area contributed by atoms with Gasteiger partial charge in [0.25, 0.3) is 0 Å². The average Bonchev–Trinajstić information content (AvgIpc) is 2.65. The molecule has 1 saturated heterocycles. The topological polar surface area (TPSA) is 27.9 Å². The summed E-state index contributed by atoms with van der Waals surface area (Å²) in [5.41, 5.74) is 2.39. The molecule has 0 amide bonds. The summed E-state index contributed by atoms with van der Waals surface area (Å²) in [6, 6.07) is 22.8. The van der Waals surface area contributed by atoms with E-state index in [2.05, 4.69) is 53.4 Å². The van der Waals surface area contributed by atoms with Gasteiger partial charge >= 0.3 is 0 Å². The zero-order valence-corrected chi connectivity index (χ0v) is 13.8. The minimum absolute atomic E-state index is 0.423. The Morgan fingerprint density at radius 2 is 1.54 bits per heavy atom. The van der Waals surface area contributed by atoms with E-state index in [4.69, 9.17) is 0 Å². The molecule has 0 spiro atoms. The van der Waals surface area contributed by atoms with E-state index in [0.717, 1.165) is 38.3 Å². The van der Waals surface area contributed by atoms with Crippen LogP contribution in [0.4, 0.5) is 5.69 Å². The molecule has 4 rings (SSSR count). The lowest BCUT2D eigenvalue weighted by Gasteiger charge is -2.34. The molecule has 0 unspecified atom stereocenters. The number of para-hydroxylation sites is 1. The summed E-state index contributed by atoms with van der Waals surface area (Å²) in [5.74, 6) is 0.423. The van der Waals surface area contributed by atoms with Crippen molar-refractivity contribution in [2.75, 3.05) is 31.1 Å². The highest BCUT2D eigenvalue weighted by Crippen LogP contribution is 2.26. The first kappa shape index (κ1) is 15.0. The minimum Gasteiger partial charge on any atom is -0.507 e. The number of rotatable bonds is 3. The van der Waals surface area contributed by atoms with Crippen molar-refractivity contribution in [3.05, 3.63) is 72.3 Å². The van der Waals surface area contributed by atoms with Crippen LogP contribution in [0.2, 0.25) is 0 Å². The number of quaternary nitrogens is 1.